The van der Waals surface area contributed by atoms with E-state index in [2.05, 4.69) is 13.8 Å². The van der Waals surface area contributed by atoms with Gasteiger partial charge < -0.3 is 10.0 Å². The van der Waals surface area contributed by atoms with Gasteiger partial charge in [-0.2, -0.15) is 13.2 Å². The van der Waals surface area contributed by atoms with E-state index in [1.54, 1.807) is 23.1 Å². The first-order valence-corrected chi connectivity index (χ1v) is 13.0. The molecule has 0 saturated heterocycles. The van der Waals surface area contributed by atoms with Gasteiger partial charge in [0, 0.05) is 24.0 Å². The van der Waals surface area contributed by atoms with Gasteiger partial charge in [0.15, 0.2) is 0 Å². The molecular formula is C31H34F5NO2. The number of hydrogen-bond acceptors (Lipinski definition) is 2. The topological polar surface area (TPSA) is 40.5 Å². The monoisotopic (exact) mass is 547 g/mol. The largest absolute Gasteiger partial charge is 0.481 e. The van der Waals surface area contributed by atoms with Gasteiger partial charge in [-0.1, -0.05) is 45.9 Å². The minimum absolute atomic E-state index is 0.0590. The third-order valence-corrected chi connectivity index (χ3v) is 6.53. The summed E-state index contributed by atoms with van der Waals surface area (Å²) in [5.74, 6) is -2.94. The van der Waals surface area contributed by atoms with E-state index in [0.717, 1.165) is 24.6 Å². The van der Waals surface area contributed by atoms with E-state index in [0.29, 0.717) is 47.7 Å². The predicted octanol–water partition coefficient (Wildman–Crippen LogP) is 9.44. The fraction of sp³-hybridized carbons (Fsp3) is 0.387. The summed E-state index contributed by atoms with van der Waals surface area (Å²) < 4.78 is 68.0. The summed E-state index contributed by atoms with van der Waals surface area (Å²) in [5.41, 5.74) is 1.42. The van der Waals surface area contributed by atoms with Crippen molar-refractivity contribution in [2.24, 2.45) is 11.8 Å². The summed E-state index contributed by atoms with van der Waals surface area (Å²) in [6.45, 7) is 8.35. The van der Waals surface area contributed by atoms with Gasteiger partial charge in [0.05, 0.1) is 11.5 Å². The first-order chi connectivity index (χ1) is 18.2. The Morgan fingerprint density at radius 2 is 1.41 bits per heavy atom. The summed E-state index contributed by atoms with van der Waals surface area (Å²) in [6.07, 6.45) is -2.60. The van der Waals surface area contributed by atoms with E-state index in [1.807, 2.05) is 13.8 Å². The third kappa shape index (κ3) is 8.28. The molecule has 3 aromatic carbocycles. The molecule has 3 aromatic rings. The first-order valence-electron chi connectivity index (χ1n) is 13.0. The molecule has 1 atom stereocenters. The van der Waals surface area contributed by atoms with Crippen LogP contribution in [-0.4, -0.2) is 17.6 Å². The molecule has 0 fully saturated rings. The number of carbonyl (C=O) groups is 1. The molecule has 0 radical (unpaired) electrons. The Kier molecular flexibility index (Phi) is 9.75. The van der Waals surface area contributed by atoms with Crippen molar-refractivity contribution in [2.45, 2.75) is 59.1 Å². The SMILES string of the molecule is CC(C)CCCN(c1cc(F)cc(F)c1)c1cc(-c2ccc(C(F)(F)F)cc2)cc(C(CC(C)C)C(=O)O)c1. The molecule has 0 spiro atoms. The average Bonchev–Trinajstić information content (AvgIpc) is 2.83. The molecular weight excluding hydrogens is 513 g/mol. The summed E-state index contributed by atoms with van der Waals surface area (Å²) in [7, 11) is 0. The van der Waals surface area contributed by atoms with Crippen molar-refractivity contribution in [1.29, 1.82) is 0 Å². The lowest BCUT2D eigenvalue weighted by Gasteiger charge is -2.28. The maximum Gasteiger partial charge on any atom is 0.416 e. The molecule has 1 N–H and O–H groups in total. The molecule has 0 saturated carbocycles. The van der Waals surface area contributed by atoms with Gasteiger partial charge in [-0.05, 0) is 84.2 Å². The van der Waals surface area contributed by atoms with Crippen molar-refractivity contribution < 1.29 is 31.9 Å². The molecule has 1 unspecified atom stereocenters. The van der Waals surface area contributed by atoms with Crippen molar-refractivity contribution in [1.82, 2.24) is 0 Å². The number of hydrogen-bond donors (Lipinski definition) is 1. The van der Waals surface area contributed by atoms with Crippen molar-refractivity contribution in [3.05, 3.63) is 83.4 Å². The quantitative estimate of drug-likeness (QED) is 0.243. The number of benzene rings is 3. The van der Waals surface area contributed by atoms with Crippen LogP contribution in [0.2, 0.25) is 0 Å². The molecule has 0 bridgehead atoms. The van der Waals surface area contributed by atoms with E-state index in [-0.39, 0.29) is 11.6 Å². The lowest BCUT2D eigenvalue weighted by Crippen LogP contribution is -2.21. The molecule has 0 amide bonds. The zero-order valence-corrected chi connectivity index (χ0v) is 22.5. The number of aliphatic carboxylic acids is 1. The molecule has 8 heteroatoms. The normalized spacial score (nSPS) is 12.7. The van der Waals surface area contributed by atoms with Crippen LogP contribution in [-0.2, 0) is 11.0 Å². The van der Waals surface area contributed by atoms with Crippen LogP contribution in [0, 0.1) is 23.5 Å². The number of rotatable bonds is 11. The highest BCUT2D eigenvalue weighted by molar-refractivity contribution is 5.80. The zero-order chi connectivity index (χ0) is 28.9. The number of halogens is 5. The minimum atomic E-state index is -4.49. The molecule has 0 heterocycles. The van der Waals surface area contributed by atoms with E-state index in [1.165, 1.54) is 24.3 Å². The Morgan fingerprint density at radius 3 is 1.92 bits per heavy atom. The fourth-order valence-corrected chi connectivity index (χ4v) is 4.62. The molecule has 0 aromatic heterocycles. The molecule has 3 nitrogen and oxygen atoms in total. The summed E-state index contributed by atoms with van der Waals surface area (Å²) in [5, 5.41) is 10.0. The highest BCUT2D eigenvalue weighted by Gasteiger charge is 2.30. The second-order valence-corrected chi connectivity index (χ2v) is 10.7. The third-order valence-electron chi connectivity index (χ3n) is 6.53. The Morgan fingerprint density at radius 1 is 0.821 bits per heavy atom. The lowest BCUT2D eigenvalue weighted by molar-refractivity contribution is -0.139. The van der Waals surface area contributed by atoms with Gasteiger partial charge in [-0.3, -0.25) is 4.79 Å². The van der Waals surface area contributed by atoms with E-state index in [9.17, 15) is 31.9 Å². The number of nitrogens with zero attached hydrogens (tertiary/aromatic N) is 1. The van der Waals surface area contributed by atoms with E-state index < -0.39 is 35.3 Å². The molecule has 0 aliphatic heterocycles. The van der Waals surface area contributed by atoms with Crippen molar-refractivity contribution in [2.75, 3.05) is 11.4 Å². The van der Waals surface area contributed by atoms with Crippen molar-refractivity contribution in [3.63, 3.8) is 0 Å². The lowest BCUT2D eigenvalue weighted by atomic mass is 9.88. The van der Waals surface area contributed by atoms with Crippen molar-refractivity contribution in [3.8, 4) is 11.1 Å². The van der Waals surface area contributed by atoms with Crippen LogP contribution in [0.1, 0.15) is 64.0 Å². The molecule has 210 valence electrons. The maximum atomic E-state index is 14.3. The van der Waals surface area contributed by atoms with Crippen LogP contribution < -0.4 is 4.90 Å². The van der Waals surface area contributed by atoms with Crippen LogP contribution in [0.15, 0.2) is 60.7 Å². The number of alkyl halides is 3. The average molecular weight is 548 g/mol. The Balaban J connectivity index is 2.21. The number of carboxylic acid groups (broad SMARTS) is 1. The van der Waals surface area contributed by atoms with Crippen LogP contribution in [0.25, 0.3) is 11.1 Å². The molecule has 3 rings (SSSR count). The fourth-order valence-electron chi connectivity index (χ4n) is 4.62. The Labute approximate surface area is 226 Å². The Hall–Kier alpha value is -3.42. The molecule has 0 aliphatic carbocycles. The van der Waals surface area contributed by atoms with E-state index >= 15 is 0 Å². The minimum Gasteiger partial charge on any atom is -0.481 e. The van der Waals surface area contributed by atoms with Gasteiger partial charge in [-0.25, -0.2) is 8.78 Å². The highest BCUT2D eigenvalue weighted by atomic mass is 19.4. The molecule has 0 aliphatic rings. The maximum absolute atomic E-state index is 14.3. The molecule has 39 heavy (non-hydrogen) atoms. The van der Waals surface area contributed by atoms with Crippen LogP contribution >= 0.6 is 0 Å². The smallest absolute Gasteiger partial charge is 0.416 e. The Bertz CT molecular complexity index is 1250. The van der Waals surface area contributed by atoms with Crippen LogP contribution in [0.4, 0.5) is 33.3 Å². The highest BCUT2D eigenvalue weighted by Crippen LogP contribution is 2.37. The van der Waals surface area contributed by atoms with Crippen molar-refractivity contribution >= 4 is 17.3 Å². The standard InChI is InChI=1S/C31H34F5NO2/c1-19(2)6-5-11-37(28-17-25(32)16-26(33)18-28)27-14-22(21-7-9-24(10-8-21)31(34,35)36)13-23(15-27)29(30(38)39)12-20(3)4/h7-10,13-20,29H,5-6,11-12H2,1-4H3,(H,38,39). The van der Waals surface area contributed by atoms with Crippen LogP contribution in [0.5, 0.6) is 0 Å². The van der Waals surface area contributed by atoms with Gasteiger partial charge >= 0.3 is 12.1 Å². The van der Waals surface area contributed by atoms with E-state index in [4.69, 9.17) is 0 Å². The zero-order valence-electron chi connectivity index (χ0n) is 22.5. The second-order valence-electron chi connectivity index (χ2n) is 10.7. The predicted molar refractivity (Wildman–Crippen MR) is 144 cm³/mol. The summed E-state index contributed by atoms with van der Waals surface area (Å²) in [6, 6.07) is 12.9. The van der Waals surface area contributed by atoms with Crippen LogP contribution in [0.3, 0.4) is 0 Å². The van der Waals surface area contributed by atoms with Gasteiger partial charge in [0.25, 0.3) is 0 Å². The number of carboxylic acids is 1. The van der Waals surface area contributed by atoms with Gasteiger partial charge in [0.1, 0.15) is 11.6 Å². The summed E-state index contributed by atoms with van der Waals surface area (Å²) in [4.78, 5) is 14.0. The first kappa shape index (κ1) is 30.1. The van der Waals surface area contributed by atoms with Gasteiger partial charge in [-0.15, -0.1) is 0 Å². The van der Waals surface area contributed by atoms with Gasteiger partial charge in [0.2, 0.25) is 0 Å². The number of anilines is 2. The summed E-state index contributed by atoms with van der Waals surface area (Å²) >= 11 is 0. The second kappa shape index (κ2) is 12.6.